The summed E-state index contributed by atoms with van der Waals surface area (Å²) in [5.74, 6) is 0.923. The minimum atomic E-state index is -0.308. The number of benzene rings is 6. The van der Waals surface area contributed by atoms with Gasteiger partial charge in [0, 0.05) is 55.0 Å². The summed E-state index contributed by atoms with van der Waals surface area (Å²) in [6, 6.07) is 46.0. The Bertz CT molecular complexity index is 2770. The van der Waals surface area contributed by atoms with Crippen LogP contribution in [0.4, 0.5) is 0 Å². The molecular formula is C49H45N4OPt-. The maximum absolute atomic E-state index is 12.3. The Labute approximate surface area is 338 Å². The molecule has 6 heteroatoms. The fourth-order valence-electron chi connectivity index (χ4n) is 7.57. The molecule has 0 fully saturated rings. The van der Waals surface area contributed by atoms with Gasteiger partial charge in [-0.3, -0.25) is 4.57 Å². The van der Waals surface area contributed by atoms with E-state index in [2.05, 4.69) is 178 Å². The van der Waals surface area contributed by atoms with E-state index in [4.69, 9.17) is 4.98 Å². The molecule has 2 heterocycles. The summed E-state index contributed by atoms with van der Waals surface area (Å²) in [6.07, 6.45) is 1.56. The molecule has 0 saturated carbocycles. The molecule has 0 aliphatic rings. The predicted octanol–water partition coefficient (Wildman–Crippen LogP) is 12.5. The molecule has 6 aromatic carbocycles. The molecule has 2 aromatic heterocycles. The van der Waals surface area contributed by atoms with Gasteiger partial charge in [-0.05, 0) is 71.5 Å². The molecule has 5 nitrogen and oxygen atoms in total. The Morgan fingerprint density at radius 3 is 2.11 bits per heavy atom. The van der Waals surface area contributed by atoms with Crippen molar-refractivity contribution in [2.75, 3.05) is 0 Å². The van der Waals surface area contributed by atoms with E-state index in [1.807, 2.05) is 19.1 Å². The summed E-state index contributed by atoms with van der Waals surface area (Å²) < 4.78 is 4.55. The van der Waals surface area contributed by atoms with Crippen molar-refractivity contribution < 1.29 is 26.2 Å². The van der Waals surface area contributed by atoms with Crippen LogP contribution in [0.15, 0.2) is 139 Å². The van der Waals surface area contributed by atoms with Crippen LogP contribution in [0.5, 0.6) is 5.75 Å². The topological polar surface area (TPSA) is 55.3 Å². The van der Waals surface area contributed by atoms with Crippen molar-refractivity contribution in [1.82, 2.24) is 14.1 Å². The SMILES string of the molecule is C=CN=C(C)c1[c-]c(-c2cccc3c2nc(-c2cc(C(C)(C)C)cc(C(C)(C)C)c2O)n3-c2ccc3c4ccccc4n(-c4ccccc4)c3c2)ccc1.[Pt]. The molecule has 0 aliphatic carbocycles. The van der Waals surface area contributed by atoms with Crippen LogP contribution in [0, 0.1) is 6.07 Å². The van der Waals surface area contributed by atoms with E-state index >= 15 is 0 Å². The molecule has 0 radical (unpaired) electrons. The van der Waals surface area contributed by atoms with Crippen molar-refractivity contribution in [3.05, 3.63) is 157 Å². The number of phenolic OH excluding ortho intramolecular Hbond substituents is 1. The summed E-state index contributed by atoms with van der Waals surface area (Å²) >= 11 is 0. The molecule has 0 atom stereocenters. The van der Waals surface area contributed by atoms with Crippen LogP contribution in [-0.2, 0) is 31.9 Å². The van der Waals surface area contributed by atoms with Crippen LogP contribution in [0.3, 0.4) is 0 Å². The zero-order valence-corrected chi connectivity index (χ0v) is 34.7. The van der Waals surface area contributed by atoms with Crippen molar-refractivity contribution in [3.63, 3.8) is 0 Å². The van der Waals surface area contributed by atoms with Crippen LogP contribution in [0.2, 0.25) is 0 Å². The second kappa shape index (κ2) is 14.3. The van der Waals surface area contributed by atoms with Crippen LogP contribution in [0.1, 0.15) is 65.2 Å². The van der Waals surface area contributed by atoms with E-state index < -0.39 is 0 Å². The Morgan fingerprint density at radius 2 is 1.38 bits per heavy atom. The number of fused-ring (bicyclic) bond motifs is 4. The number of phenols is 1. The zero-order valence-electron chi connectivity index (χ0n) is 32.4. The van der Waals surface area contributed by atoms with Crippen molar-refractivity contribution in [1.29, 1.82) is 0 Å². The van der Waals surface area contributed by atoms with Crippen LogP contribution >= 0.6 is 0 Å². The molecule has 0 aliphatic heterocycles. The van der Waals surface area contributed by atoms with E-state index in [1.54, 1.807) is 6.20 Å². The molecule has 55 heavy (non-hydrogen) atoms. The number of hydrogen-bond acceptors (Lipinski definition) is 3. The molecule has 8 aromatic rings. The third-order valence-electron chi connectivity index (χ3n) is 10.4. The van der Waals surface area contributed by atoms with Crippen LogP contribution in [0.25, 0.3) is 66.7 Å². The van der Waals surface area contributed by atoms with Gasteiger partial charge in [-0.1, -0.05) is 114 Å². The first-order valence-electron chi connectivity index (χ1n) is 18.5. The third kappa shape index (κ3) is 6.65. The van der Waals surface area contributed by atoms with E-state index in [1.165, 1.54) is 10.8 Å². The van der Waals surface area contributed by atoms with Gasteiger partial charge in [0.05, 0.1) is 27.6 Å². The van der Waals surface area contributed by atoms with Gasteiger partial charge in [0.25, 0.3) is 0 Å². The third-order valence-corrected chi connectivity index (χ3v) is 10.4. The molecule has 0 bridgehead atoms. The van der Waals surface area contributed by atoms with Gasteiger partial charge in [-0.25, -0.2) is 4.98 Å². The van der Waals surface area contributed by atoms with Gasteiger partial charge in [0.2, 0.25) is 0 Å². The molecular weight excluding hydrogens is 856 g/mol. The average Bonchev–Trinajstić information content (AvgIpc) is 3.70. The summed E-state index contributed by atoms with van der Waals surface area (Å²) in [7, 11) is 0. The Balaban J connectivity index is 0.00000465. The minimum Gasteiger partial charge on any atom is -0.507 e. The average molecular weight is 901 g/mol. The fraction of sp³-hybridized carbons (Fsp3) is 0.184. The Hall–Kier alpha value is -5.51. The molecule has 0 saturated heterocycles. The summed E-state index contributed by atoms with van der Waals surface area (Å²) in [5.41, 5.74) is 11.9. The number of aromatic nitrogens is 3. The van der Waals surface area contributed by atoms with Gasteiger partial charge in [0.15, 0.2) is 0 Å². The minimum absolute atomic E-state index is 0. The van der Waals surface area contributed by atoms with Crippen molar-refractivity contribution in [2.45, 2.75) is 59.3 Å². The number of aliphatic imine (C=N–C) groups is 1. The zero-order chi connectivity index (χ0) is 37.9. The first-order chi connectivity index (χ1) is 25.8. The molecule has 278 valence electrons. The van der Waals surface area contributed by atoms with Crippen molar-refractivity contribution in [2.24, 2.45) is 4.99 Å². The van der Waals surface area contributed by atoms with Gasteiger partial charge >= 0.3 is 0 Å². The number of hydrogen-bond donors (Lipinski definition) is 1. The Kier molecular flexibility index (Phi) is 9.82. The fourth-order valence-corrected chi connectivity index (χ4v) is 7.57. The quantitative estimate of drug-likeness (QED) is 0.134. The number of rotatable bonds is 6. The van der Waals surface area contributed by atoms with Gasteiger partial charge in [-0.2, -0.15) is 0 Å². The summed E-state index contributed by atoms with van der Waals surface area (Å²) in [6.45, 7) is 18.8. The Morgan fingerprint density at radius 1 is 0.691 bits per heavy atom. The normalized spacial score (nSPS) is 12.4. The molecule has 8 rings (SSSR count). The second-order valence-electron chi connectivity index (χ2n) is 16.1. The number of para-hydroxylation sites is 3. The largest absolute Gasteiger partial charge is 0.507 e. The monoisotopic (exact) mass is 900 g/mol. The standard InChI is InChI=1S/C49H45N4O.Pt/c1-9-50-31(2)32-17-15-18-33(27-32)37-22-16-24-43-45(37)51-47(40-28-34(48(3,4)5)29-41(46(40)54)49(6,7)8)53(43)36-25-26-39-38-21-13-14-23-42(38)52(44(39)30-36)35-19-11-10-12-20-35;/h9-26,28-30,54H,1H2,2-8H3;/q-1;. The molecule has 1 N–H and O–H groups in total. The summed E-state index contributed by atoms with van der Waals surface area (Å²) in [5, 5.41) is 14.6. The first-order valence-corrected chi connectivity index (χ1v) is 18.5. The summed E-state index contributed by atoms with van der Waals surface area (Å²) in [4.78, 5) is 9.91. The molecule has 0 unspecified atom stereocenters. The number of nitrogens with zero attached hydrogens (tertiary/aromatic N) is 4. The van der Waals surface area contributed by atoms with Crippen molar-refractivity contribution in [3.8, 4) is 39.6 Å². The van der Waals surface area contributed by atoms with Gasteiger partial charge < -0.3 is 14.7 Å². The molecule has 0 amide bonds. The van der Waals surface area contributed by atoms with Crippen LogP contribution in [-0.4, -0.2) is 24.9 Å². The second-order valence-corrected chi connectivity index (χ2v) is 16.1. The van der Waals surface area contributed by atoms with E-state index in [0.29, 0.717) is 11.4 Å². The number of imidazole rings is 1. The van der Waals surface area contributed by atoms with E-state index in [-0.39, 0.29) is 37.6 Å². The van der Waals surface area contributed by atoms with E-state index in [0.717, 1.165) is 67.0 Å². The number of aromatic hydroxyl groups is 1. The first kappa shape index (κ1) is 37.8. The van der Waals surface area contributed by atoms with Crippen LogP contribution < -0.4 is 0 Å². The maximum Gasteiger partial charge on any atom is 0.148 e. The van der Waals surface area contributed by atoms with E-state index in [9.17, 15) is 5.11 Å². The van der Waals surface area contributed by atoms with Gasteiger partial charge in [-0.15, -0.1) is 35.4 Å². The van der Waals surface area contributed by atoms with Gasteiger partial charge in [0.1, 0.15) is 11.6 Å². The smallest absolute Gasteiger partial charge is 0.148 e. The van der Waals surface area contributed by atoms with Crippen molar-refractivity contribution >= 4 is 38.6 Å². The maximum atomic E-state index is 12.3. The molecule has 0 spiro atoms. The predicted molar refractivity (Wildman–Crippen MR) is 227 cm³/mol.